The lowest BCUT2D eigenvalue weighted by molar-refractivity contribution is -0.384. The van der Waals surface area contributed by atoms with E-state index in [1.54, 1.807) is 0 Å². The van der Waals surface area contributed by atoms with Crippen LogP contribution in [0.5, 0.6) is 0 Å². The van der Waals surface area contributed by atoms with Gasteiger partial charge < -0.3 is 10.5 Å². The van der Waals surface area contributed by atoms with Gasteiger partial charge in [0.2, 0.25) is 0 Å². The highest BCUT2D eigenvalue weighted by Crippen LogP contribution is 2.21. The van der Waals surface area contributed by atoms with E-state index in [1.807, 2.05) is 31.2 Å². The van der Waals surface area contributed by atoms with Crippen molar-refractivity contribution in [1.82, 2.24) is 0 Å². The van der Waals surface area contributed by atoms with Gasteiger partial charge in [0, 0.05) is 17.8 Å². The van der Waals surface area contributed by atoms with E-state index < -0.39 is 10.9 Å². The molecule has 2 N–H and O–H groups in total. The van der Waals surface area contributed by atoms with Crippen molar-refractivity contribution in [3.63, 3.8) is 0 Å². The van der Waals surface area contributed by atoms with Gasteiger partial charge in [0.1, 0.15) is 6.61 Å². The molecule has 2 aromatic rings. The number of hydrogen-bond donors (Lipinski definition) is 1. The maximum Gasteiger partial charge on any atom is 0.340 e. The molecule has 0 radical (unpaired) electrons. The van der Waals surface area contributed by atoms with E-state index in [2.05, 4.69) is 0 Å². The number of rotatable bonds is 4. The lowest BCUT2D eigenvalue weighted by atomic mass is 10.1. The zero-order valence-electron chi connectivity index (χ0n) is 11.4. The van der Waals surface area contributed by atoms with E-state index in [4.69, 9.17) is 10.5 Å². The van der Waals surface area contributed by atoms with E-state index in [-0.39, 0.29) is 23.5 Å². The first-order valence-electron chi connectivity index (χ1n) is 6.24. The molecular weight excluding hydrogens is 272 g/mol. The molecule has 2 aromatic carbocycles. The molecule has 0 saturated carbocycles. The second-order valence-corrected chi connectivity index (χ2v) is 4.59. The molecule has 0 aliphatic carbocycles. The molecule has 0 unspecified atom stereocenters. The Labute approximate surface area is 121 Å². The molecule has 0 heterocycles. The molecule has 0 amide bonds. The molecule has 2 rings (SSSR count). The number of carbonyl (C=O) groups excluding carboxylic acids is 1. The predicted molar refractivity (Wildman–Crippen MR) is 77.8 cm³/mol. The topological polar surface area (TPSA) is 95.5 Å². The monoisotopic (exact) mass is 286 g/mol. The number of nitrogens with two attached hydrogens (primary N) is 1. The molecule has 21 heavy (non-hydrogen) atoms. The van der Waals surface area contributed by atoms with Gasteiger partial charge in [-0.25, -0.2) is 4.79 Å². The Bertz CT molecular complexity index is 681. The Morgan fingerprint density at radius 2 is 1.90 bits per heavy atom. The number of anilines is 1. The third kappa shape index (κ3) is 3.56. The lowest BCUT2D eigenvalue weighted by Gasteiger charge is -2.07. The van der Waals surface area contributed by atoms with Crippen LogP contribution in [0, 0.1) is 17.0 Å². The van der Waals surface area contributed by atoms with Crippen LogP contribution in [0.15, 0.2) is 42.5 Å². The predicted octanol–water partition coefficient (Wildman–Crippen LogP) is 2.84. The van der Waals surface area contributed by atoms with Crippen LogP contribution in [0.4, 0.5) is 11.4 Å². The molecule has 6 nitrogen and oxygen atoms in total. The average molecular weight is 286 g/mol. The SMILES string of the molecule is Cc1ccc(COC(=O)c2cc([N+](=O)[O-])ccc2N)cc1. The van der Waals surface area contributed by atoms with Crippen LogP contribution in [0.1, 0.15) is 21.5 Å². The summed E-state index contributed by atoms with van der Waals surface area (Å²) in [6.07, 6.45) is 0. The largest absolute Gasteiger partial charge is 0.457 e. The highest BCUT2D eigenvalue weighted by Gasteiger charge is 2.16. The van der Waals surface area contributed by atoms with Crippen molar-refractivity contribution in [3.05, 3.63) is 69.3 Å². The van der Waals surface area contributed by atoms with Crippen LogP contribution < -0.4 is 5.73 Å². The summed E-state index contributed by atoms with van der Waals surface area (Å²) >= 11 is 0. The summed E-state index contributed by atoms with van der Waals surface area (Å²) in [5.74, 6) is -0.684. The van der Waals surface area contributed by atoms with Crippen LogP contribution in [-0.2, 0) is 11.3 Å². The van der Waals surface area contributed by atoms with Crippen LogP contribution in [0.2, 0.25) is 0 Å². The summed E-state index contributed by atoms with van der Waals surface area (Å²) in [7, 11) is 0. The number of nitrogen functional groups attached to an aromatic ring is 1. The highest BCUT2D eigenvalue weighted by atomic mass is 16.6. The van der Waals surface area contributed by atoms with Crippen molar-refractivity contribution >= 4 is 17.3 Å². The van der Waals surface area contributed by atoms with Crippen LogP contribution >= 0.6 is 0 Å². The number of nitrogens with zero attached hydrogens (tertiary/aromatic N) is 1. The number of non-ortho nitro benzene ring substituents is 1. The highest BCUT2D eigenvalue weighted by molar-refractivity contribution is 5.95. The van der Waals surface area contributed by atoms with Crippen molar-refractivity contribution in [3.8, 4) is 0 Å². The average Bonchev–Trinajstić information content (AvgIpc) is 2.46. The van der Waals surface area contributed by atoms with Gasteiger partial charge in [0.05, 0.1) is 10.5 Å². The number of nitro benzene ring substituents is 1. The van der Waals surface area contributed by atoms with E-state index in [9.17, 15) is 14.9 Å². The Morgan fingerprint density at radius 1 is 1.24 bits per heavy atom. The summed E-state index contributed by atoms with van der Waals surface area (Å²) in [5.41, 5.74) is 7.53. The number of aryl methyl sites for hydroxylation is 1. The molecule has 6 heteroatoms. The van der Waals surface area contributed by atoms with Crippen molar-refractivity contribution in [2.75, 3.05) is 5.73 Å². The van der Waals surface area contributed by atoms with Gasteiger partial charge >= 0.3 is 5.97 Å². The minimum atomic E-state index is -0.684. The normalized spacial score (nSPS) is 10.1. The molecule has 0 aliphatic heterocycles. The molecule has 0 aromatic heterocycles. The van der Waals surface area contributed by atoms with E-state index in [0.717, 1.165) is 17.2 Å². The number of benzene rings is 2. The minimum Gasteiger partial charge on any atom is -0.457 e. The van der Waals surface area contributed by atoms with Crippen molar-refractivity contribution in [2.45, 2.75) is 13.5 Å². The number of esters is 1. The number of ether oxygens (including phenoxy) is 1. The second-order valence-electron chi connectivity index (χ2n) is 4.59. The quantitative estimate of drug-likeness (QED) is 0.403. The van der Waals surface area contributed by atoms with Gasteiger partial charge in [-0.2, -0.15) is 0 Å². The zero-order chi connectivity index (χ0) is 15.4. The third-order valence-electron chi connectivity index (χ3n) is 2.96. The first-order chi connectivity index (χ1) is 9.97. The maximum atomic E-state index is 12.0. The molecule has 0 fully saturated rings. The van der Waals surface area contributed by atoms with Crippen LogP contribution in [-0.4, -0.2) is 10.9 Å². The van der Waals surface area contributed by atoms with Gasteiger partial charge in [-0.05, 0) is 18.6 Å². The minimum absolute atomic E-state index is 0.00342. The van der Waals surface area contributed by atoms with E-state index in [1.165, 1.54) is 12.1 Å². The van der Waals surface area contributed by atoms with Crippen molar-refractivity contribution in [1.29, 1.82) is 0 Å². The first-order valence-corrected chi connectivity index (χ1v) is 6.24. The van der Waals surface area contributed by atoms with Crippen LogP contribution in [0.25, 0.3) is 0 Å². The Morgan fingerprint density at radius 3 is 2.52 bits per heavy atom. The zero-order valence-corrected chi connectivity index (χ0v) is 11.4. The van der Waals surface area contributed by atoms with Gasteiger partial charge in [-0.3, -0.25) is 10.1 Å². The third-order valence-corrected chi connectivity index (χ3v) is 2.96. The van der Waals surface area contributed by atoms with Crippen LogP contribution in [0.3, 0.4) is 0 Å². The fourth-order valence-corrected chi connectivity index (χ4v) is 1.75. The molecule has 0 atom stereocenters. The summed E-state index contributed by atoms with van der Waals surface area (Å²) in [4.78, 5) is 22.1. The molecule has 108 valence electrons. The summed E-state index contributed by atoms with van der Waals surface area (Å²) in [6, 6.07) is 11.2. The molecule has 0 aliphatic rings. The van der Waals surface area contributed by atoms with Crippen molar-refractivity contribution in [2.24, 2.45) is 0 Å². The van der Waals surface area contributed by atoms with Gasteiger partial charge in [0.15, 0.2) is 0 Å². The second kappa shape index (κ2) is 6.04. The standard InChI is InChI=1S/C15H14N2O4/c1-10-2-4-11(5-3-10)9-21-15(18)13-8-12(17(19)20)6-7-14(13)16/h2-8H,9,16H2,1H3. The Kier molecular flexibility index (Phi) is 4.18. The smallest absolute Gasteiger partial charge is 0.340 e. The summed E-state index contributed by atoms with van der Waals surface area (Å²) in [6.45, 7) is 2.04. The van der Waals surface area contributed by atoms with E-state index in [0.29, 0.717) is 0 Å². The Balaban J connectivity index is 2.11. The number of hydrogen-bond acceptors (Lipinski definition) is 5. The fourth-order valence-electron chi connectivity index (χ4n) is 1.75. The first kappa shape index (κ1) is 14.5. The van der Waals surface area contributed by atoms with Gasteiger partial charge in [-0.15, -0.1) is 0 Å². The lowest BCUT2D eigenvalue weighted by Crippen LogP contribution is -2.09. The number of carbonyl (C=O) groups is 1. The molecule has 0 saturated heterocycles. The van der Waals surface area contributed by atoms with Crippen molar-refractivity contribution < 1.29 is 14.5 Å². The Hall–Kier alpha value is -2.89. The maximum absolute atomic E-state index is 12.0. The molecule has 0 bridgehead atoms. The van der Waals surface area contributed by atoms with E-state index >= 15 is 0 Å². The summed E-state index contributed by atoms with van der Waals surface area (Å²) < 4.78 is 5.13. The summed E-state index contributed by atoms with van der Waals surface area (Å²) in [5, 5.41) is 10.7. The van der Waals surface area contributed by atoms with Gasteiger partial charge in [-0.1, -0.05) is 29.8 Å². The molecule has 0 spiro atoms. The number of nitro groups is 1. The molecular formula is C15H14N2O4. The fraction of sp³-hybridized carbons (Fsp3) is 0.133. The van der Waals surface area contributed by atoms with Gasteiger partial charge in [0.25, 0.3) is 5.69 Å².